The summed E-state index contributed by atoms with van der Waals surface area (Å²) in [5.41, 5.74) is 0.582. The van der Waals surface area contributed by atoms with Crippen molar-refractivity contribution < 1.29 is 9.84 Å². The molecule has 1 aromatic carbocycles. The van der Waals surface area contributed by atoms with Crippen LogP contribution in [0.4, 0.5) is 0 Å². The highest BCUT2D eigenvalue weighted by Crippen LogP contribution is 2.12. The van der Waals surface area contributed by atoms with Gasteiger partial charge in [-0.15, -0.1) is 0 Å². The average molecular weight is 251 g/mol. The molecular weight excluding hydrogens is 226 g/mol. The van der Waals surface area contributed by atoms with Crippen LogP contribution in [0, 0.1) is 6.92 Å². The van der Waals surface area contributed by atoms with Gasteiger partial charge in [-0.2, -0.15) is 0 Å². The Morgan fingerprint density at radius 1 is 1.33 bits per heavy atom. The van der Waals surface area contributed by atoms with Crippen LogP contribution in [-0.2, 0) is 0 Å². The lowest BCUT2D eigenvalue weighted by Crippen LogP contribution is -2.37. The summed E-state index contributed by atoms with van der Waals surface area (Å²) < 4.78 is 5.68. The molecule has 3 heteroatoms. The van der Waals surface area contributed by atoms with Gasteiger partial charge in [0.15, 0.2) is 0 Å². The Morgan fingerprint density at radius 2 is 2.06 bits per heavy atom. The smallest absolute Gasteiger partial charge is 0.119 e. The zero-order valence-corrected chi connectivity index (χ0v) is 11.9. The minimum Gasteiger partial charge on any atom is -0.494 e. The van der Waals surface area contributed by atoms with Gasteiger partial charge in [0.05, 0.1) is 12.2 Å². The van der Waals surface area contributed by atoms with Gasteiger partial charge in [0, 0.05) is 13.1 Å². The molecule has 102 valence electrons. The third-order valence-corrected chi connectivity index (χ3v) is 2.60. The standard InChI is InChI=1S/C15H25NO2/c1-13-7-5-8-14(11-13)18-10-6-9-16(4)12-15(2,3)17/h5,7-8,11,17H,6,9-10,12H2,1-4H3. The quantitative estimate of drug-likeness (QED) is 0.756. The molecule has 3 nitrogen and oxygen atoms in total. The summed E-state index contributed by atoms with van der Waals surface area (Å²) >= 11 is 0. The van der Waals surface area contributed by atoms with Gasteiger partial charge < -0.3 is 14.7 Å². The number of hydrogen-bond acceptors (Lipinski definition) is 3. The Labute approximate surface area is 110 Å². The maximum absolute atomic E-state index is 9.68. The molecule has 18 heavy (non-hydrogen) atoms. The normalized spacial score (nSPS) is 11.9. The van der Waals surface area contributed by atoms with E-state index in [1.807, 2.05) is 39.1 Å². The van der Waals surface area contributed by atoms with Crippen molar-refractivity contribution in [3.05, 3.63) is 29.8 Å². The van der Waals surface area contributed by atoms with E-state index in [2.05, 4.69) is 17.9 Å². The summed E-state index contributed by atoms with van der Waals surface area (Å²) in [6.07, 6.45) is 0.959. The van der Waals surface area contributed by atoms with Crippen molar-refractivity contribution in [1.29, 1.82) is 0 Å². The molecule has 0 amide bonds. The fraction of sp³-hybridized carbons (Fsp3) is 0.600. The molecule has 0 heterocycles. The third-order valence-electron chi connectivity index (χ3n) is 2.60. The van der Waals surface area contributed by atoms with Gasteiger partial charge >= 0.3 is 0 Å². The molecule has 0 bridgehead atoms. The Kier molecular flexibility index (Phi) is 5.63. The lowest BCUT2D eigenvalue weighted by atomic mass is 10.1. The number of likely N-dealkylation sites (N-methyl/N-ethyl adjacent to an activating group) is 1. The van der Waals surface area contributed by atoms with E-state index in [1.54, 1.807) is 0 Å². The van der Waals surface area contributed by atoms with E-state index in [-0.39, 0.29) is 0 Å². The summed E-state index contributed by atoms with van der Waals surface area (Å²) in [5, 5.41) is 9.68. The zero-order chi connectivity index (χ0) is 13.6. The Hall–Kier alpha value is -1.06. The molecule has 0 atom stereocenters. The number of aryl methyl sites for hydroxylation is 1. The van der Waals surface area contributed by atoms with Crippen LogP contribution in [0.15, 0.2) is 24.3 Å². The predicted molar refractivity (Wildman–Crippen MR) is 75.1 cm³/mol. The van der Waals surface area contributed by atoms with Gasteiger partial charge in [0.2, 0.25) is 0 Å². The van der Waals surface area contributed by atoms with Crippen LogP contribution < -0.4 is 4.74 Å². The number of rotatable bonds is 7. The lowest BCUT2D eigenvalue weighted by molar-refractivity contribution is 0.0433. The summed E-state index contributed by atoms with van der Waals surface area (Å²) in [6.45, 7) is 8.02. The van der Waals surface area contributed by atoms with Gasteiger partial charge in [-0.25, -0.2) is 0 Å². The molecule has 0 saturated heterocycles. The van der Waals surface area contributed by atoms with Crippen molar-refractivity contribution in [3.63, 3.8) is 0 Å². The van der Waals surface area contributed by atoms with E-state index in [4.69, 9.17) is 4.74 Å². The summed E-state index contributed by atoms with van der Waals surface area (Å²) in [5.74, 6) is 0.931. The zero-order valence-electron chi connectivity index (χ0n) is 11.9. The highest BCUT2D eigenvalue weighted by atomic mass is 16.5. The molecule has 0 spiro atoms. The van der Waals surface area contributed by atoms with Crippen LogP contribution in [0.1, 0.15) is 25.8 Å². The number of aliphatic hydroxyl groups is 1. The molecule has 1 rings (SSSR count). The van der Waals surface area contributed by atoms with Gasteiger partial charge in [-0.3, -0.25) is 0 Å². The fourth-order valence-electron chi connectivity index (χ4n) is 1.97. The number of hydrogen-bond donors (Lipinski definition) is 1. The van der Waals surface area contributed by atoms with Crippen molar-refractivity contribution in [1.82, 2.24) is 4.90 Å². The van der Waals surface area contributed by atoms with Crippen LogP contribution in [0.3, 0.4) is 0 Å². The maximum Gasteiger partial charge on any atom is 0.119 e. The SMILES string of the molecule is Cc1cccc(OCCCN(C)CC(C)(C)O)c1. The van der Waals surface area contributed by atoms with Crippen molar-refractivity contribution in [2.75, 3.05) is 26.7 Å². The van der Waals surface area contributed by atoms with Crippen LogP contribution in [0.5, 0.6) is 5.75 Å². The van der Waals surface area contributed by atoms with Gasteiger partial charge in [0.25, 0.3) is 0 Å². The number of ether oxygens (including phenoxy) is 1. The third kappa shape index (κ3) is 6.62. The van der Waals surface area contributed by atoms with Crippen LogP contribution in [0.25, 0.3) is 0 Å². The number of benzene rings is 1. The fourth-order valence-corrected chi connectivity index (χ4v) is 1.97. The van der Waals surface area contributed by atoms with Crippen LogP contribution in [0.2, 0.25) is 0 Å². The molecule has 0 radical (unpaired) electrons. The molecule has 0 aromatic heterocycles. The van der Waals surface area contributed by atoms with E-state index in [9.17, 15) is 5.11 Å². The van der Waals surface area contributed by atoms with E-state index >= 15 is 0 Å². The molecule has 0 aliphatic rings. The molecule has 0 unspecified atom stereocenters. The van der Waals surface area contributed by atoms with Crippen molar-refractivity contribution >= 4 is 0 Å². The monoisotopic (exact) mass is 251 g/mol. The molecule has 0 saturated carbocycles. The largest absolute Gasteiger partial charge is 0.494 e. The van der Waals surface area contributed by atoms with E-state index in [1.165, 1.54) is 5.56 Å². The average Bonchev–Trinajstić information content (AvgIpc) is 2.22. The topological polar surface area (TPSA) is 32.7 Å². The van der Waals surface area contributed by atoms with Gasteiger partial charge in [0.1, 0.15) is 5.75 Å². The first-order chi connectivity index (χ1) is 8.37. The van der Waals surface area contributed by atoms with E-state index in [0.29, 0.717) is 13.2 Å². The highest BCUT2D eigenvalue weighted by Gasteiger charge is 2.14. The van der Waals surface area contributed by atoms with Crippen LogP contribution >= 0.6 is 0 Å². The van der Waals surface area contributed by atoms with E-state index < -0.39 is 5.60 Å². The Balaban J connectivity index is 2.19. The second kappa shape index (κ2) is 6.76. The second-order valence-corrected chi connectivity index (χ2v) is 5.57. The van der Waals surface area contributed by atoms with Crippen molar-refractivity contribution in [2.45, 2.75) is 32.8 Å². The van der Waals surface area contributed by atoms with Gasteiger partial charge in [-0.05, 0) is 51.9 Å². The van der Waals surface area contributed by atoms with Crippen LogP contribution in [-0.4, -0.2) is 42.4 Å². The number of nitrogens with zero attached hydrogens (tertiary/aromatic N) is 1. The first-order valence-electron chi connectivity index (χ1n) is 6.47. The summed E-state index contributed by atoms with van der Waals surface area (Å²) in [6, 6.07) is 8.09. The first-order valence-corrected chi connectivity index (χ1v) is 6.47. The maximum atomic E-state index is 9.68. The van der Waals surface area contributed by atoms with Crippen molar-refractivity contribution in [2.24, 2.45) is 0 Å². The van der Waals surface area contributed by atoms with Crippen molar-refractivity contribution in [3.8, 4) is 5.75 Å². The molecule has 1 aromatic rings. The molecule has 0 fully saturated rings. The Bertz CT molecular complexity index is 358. The van der Waals surface area contributed by atoms with Gasteiger partial charge in [-0.1, -0.05) is 12.1 Å². The second-order valence-electron chi connectivity index (χ2n) is 5.57. The minimum atomic E-state index is -0.633. The minimum absolute atomic E-state index is 0.633. The summed E-state index contributed by atoms with van der Waals surface area (Å²) in [4.78, 5) is 2.12. The van der Waals surface area contributed by atoms with E-state index in [0.717, 1.165) is 18.7 Å². The molecule has 0 aliphatic heterocycles. The predicted octanol–water partition coefficient (Wildman–Crippen LogP) is 2.47. The lowest BCUT2D eigenvalue weighted by Gasteiger charge is -2.25. The molecule has 0 aliphatic carbocycles. The Morgan fingerprint density at radius 3 is 2.67 bits per heavy atom. The molecular formula is C15H25NO2. The highest BCUT2D eigenvalue weighted by molar-refractivity contribution is 5.27. The summed E-state index contributed by atoms with van der Waals surface area (Å²) in [7, 11) is 2.02. The first kappa shape index (κ1) is 15.0. The molecule has 1 N–H and O–H groups in total.